The van der Waals surface area contributed by atoms with Crippen molar-refractivity contribution in [2.45, 2.75) is 237 Å². The van der Waals surface area contributed by atoms with Crippen LogP contribution in [0.2, 0.25) is 0 Å². The predicted octanol–water partition coefficient (Wildman–Crippen LogP) is 25.1. The van der Waals surface area contributed by atoms with Gasteiger partial charge < -0.3 is 4.80 Å². The summed E-state index contributed by atoms with van der Waals surface area (Å²) in [5, 5.41) is 2.97. The summed E-state index contributed by atoms with van der Waals surface area (Å²) in [5.74, 6) is 2.99. The highest BCUT2D eigenvalue weighted by atomic mass is 28.4. The molecule has 0 saturated carbocycles. The third-order valence-electron chi connectivity index (χ3n) is 20.0. The standard InChI is InChI=1S/C90H112OSi/c1-52(2)73-31-25-32-74(53(3)4)85(73)64-43-65(86-75(54(5)6)33-26-34-76(86)55(7)8)47-70(46-64)92(91,71-48-66(87-77(56(9)10)35-27-36-78(87)57(11)12)44-67(49-71)88-79(58(13)14)37-28-38-80(88)59(15)16)72-50-68(89-81(60(17)18)39-29-40-82(89)61(19)20)45-69(51-72)90-83(62(21)22)41-30-42-84(90)63(23)24/h25-63,91H,1-24H3. The van der Waals surface area contributed by atoms with Gasteiger partial charge in [0.05, 0.1) is 0 Å². The second-order valence-electron chi connectivity index (χ2n) is 30.8. The highest BCUT2D eigenvalue weighted by Crippen LogP contribution is 2.46. The topological polar surface area (TPSA) is 20.2 Å². The van der Waals surface area contributed by atoms with Gasteiger partial charge >= 0.3 is 0 Å². The van der Waals surface area contributed by atoms with Crippen LogP contribution in [-0.2, 0) is 0 Å². The van der Waals surface area contributed by atoms with Crippen molar-refractivity contribution in [1.29, 1.82) is 0 Å². The zero-order valence-corrected chi connectivity index (χ0v) is 62.0. The molecule has 1 nitrogen and oxygen atoms in total. The molecule has 0 aromatic heterocycles. The molecule has 482 valence electrons. The molecule has 0 aliphatic carbocycles. The van der Waals surface area contributed by atoms with Gasteiger partial charge in [0.1, 0.15) is 0 Å². The third kappa shape index (κ3) is 13.6. The van der Waals surface area contributed by atoms with E-state index < -0.39 is 8.32 Å². The maximum atomic E-state index is 16.5. The van der Waals surface area contributed by atoms with E-state index in [1.54, 1.807) is 0 Å². The van der Waals surface area contributed by atoms with E-state index in [1.807, 2.05) is 0 Å². The lowest BCUT2D eigenvalue weighted by atomic mass is 9.82. The van der Waals surface area contributed by atoms with Crippen molar-refractivity contribution in [3.8, 4) is 66.8 Å². The van der Waals surface area contributed by atoms with Crippen LogP contribution in [0.5, 0.6) is 0 Å². The molecule has 2 heteroatoms. The van der Waals surface area contributed by atoms with Gasteiger partial charge in [0.15, 0.2) is 0 Å². The molecular weight excluding hydrogens is 1130 g/mol. The molecule has 0 bridgehead atoms. The Balaban J connectivity index is 1.65. The fourth-order valence-electron chi connectivity index (χ4n) is 15.2. The number of hydrogen-bond donors (Lipinski definition) is 1. The fourth-order valence-corrected chi connectivity index (χ4v) is 18.4. The fraction of sp³-hybridized carbons (Fsp3) is 0.400. The molecule has 1 N–H and O–H groups in total. The summed E-state index contributed by atoms with van der Waals surface area (Å²) >= 11 is 0. The first kappa shape index (κ1) is 69.5. The summed E-state index contributed by atoms with van der Waals surface area (Å²) in [7, 11) is -4.40. The monoisotopic (exact) mass is 1240 g/mol. The van der Waals surface area contributed by atoms with E-state index in [2.05, 4.69) is 330 Å². The number of rotatable bonds is 21. The Hall–Kier alpha value is -6.84. The first-order valence-corrected chi connectivity index (χ1v) is 37.4. The lowest BCUT2D eigenvalue weighted by Crippen LogP contribution is -2.67. The van der Waals surface area contributed by atoms with Crippen LogP contribution in [-0.4, -0.2) is 13.1 Å². The first-order chi connectivity index (χ1) is 43.5. The number of benzene rings is 9. The van der Waals surface area contributed by atoms with Gasteiger partial charge in [-0.05, 0) is 238 Å². The zero-order chi connectivity index (χ0) is 67.1. The van der Waals surface area contributed by atoms with Crippen molar-refractivity contribution < 1.29 is 4.80 Å². The van der Waals surface area contributed by atoms with Crippen LogP contribution >= 0.6 is 0 Å². The summed E-state index contributed by atoms with van der Waals surface area (Å²) < 4.78 is 0. The smallest absolute Gasteiger partial charge is 0.285 e. The summed E-state index contributed by atoms with van der Waals surface area (Å²) in [5.41, 5.74) is 30.6. The van der Waals surface area contributed by atoms with Crippen LogP contribution in [0.3, 0.4) is 0 Å². The van der Waals surface area contributed by atoms with Crippen LogP contribution in [0, 0.1) is 0 Å². The van der Waals surface area contributed by atoms with E-state index in [0.717, 1.165) is 48.9 Å². The Labute approximate surface area is 559 Å². The van der Waals surface area contributed by atoms with E-state index >= 15 is 4.80 Å². The van der Waals surface area contributed by atoms with Crippen LogP contribution in [0.1, 0.15) is 304 Å². The quantitative estimate of drug-likeness (QED) is 0.0562. The number of hydrogen-bond acceptors (Lipinski definition) is 1. The lowest BCUT2D eigenvalue weighted by Gasteiger charge is -2.33. The highest BCUT2D eigenvalue weighted by molar-refractivity contribution is 7.06. The Kier molecular flexibility index (Phi) is 21.5. The normalized spacial score (nSPS) is 12.5. The maximum Gasteiger partial charge on any atom is 0.285 e. The van der Waals surface area contributed by atoms with Crippen LogP contribution in [0.4, 0.5) is 0 Å². The predicted molar refractivity (Wildman–Crippen MR) is 408 cm³/mol. The van der Waals surface area contributed by atoms with Gasteiger partial charge in [0, 0.05) is 0 Å². The molecule has 0 saturated heterocycles. The van der Waals surface area contributed by atoms with Crippen LogP contribution in [0.25, 0.3) is 66.8 Å². The average Bonchev–Trinajstić information content (AvgIpc) is 1.18. The van der Waals surface area contributed by atoms with Crippen molar-refractivity contribution >= 4 is 23.9 Å². The Bertz CT molecular complexity index is 3270. The Morgan fingerprint density at radius 3 is 0.391 bits per heavy atom. The van der Waals surface area contributed by atoms with E-state index in [0.29, 0.717) is 0 Å². The van der Waals surface area contributed by atoms with Crippen molar-refractivity contribution in [3.05, 3.63) is 231 Å². The summed E-state index contributed by atoms with van der Waals surface area (Å²) in [6.07, 6.45) is 0. The minimum Gasteiger partial charge on any atom is -0.421 e. The van der Waals surface area contributed by atoms with Crippen LogP contribution in [0.15, 0.2) is 164 Å². The first-order valence-electron chi connectivity index (χ1n) is 35.5. The Morgan fingerprint density at radius 2 is 0.293 bits per heavy atom. The van der Waals surface area contributed by atoms with Crippen molar-refractivity contribution in [2.24, 2.45) is 0 Å². The van der Waals surface area contributed by atoms with Crippen LogP contribution < -0.4 is 15.6 Å². The average molecular weight is 1240 g/mol. The maximum absolute atomic E-state index is 16.5. The minimum atomic E-state index is -4.40. The van der Waals surface area contributed by atoms with E-state index in [1.165, 1.54) is 100 Å². The van der Waals surface area contributed by atoms with Crippen molar-refractivity contribution in [3.63, 3.8) is 0 Å². The van der Waals surface area contributed by atoms with Crippen molar-refractivity contribution in [2.75, 3.05) is 0 Å². The molecule has 0 unspecified atom stereocenters. The molecule has 0 atom stereocenters. The molecule has 0 amide bonds. The van der Waals surface area contributed by atoms with Gasteiger partial charge in [0.25, 0.3) is 8.32 Å². The van der Waals surface area contributed by atoms with Gasteiger partial charge in [-0.2, -0.15) is 0 Å². The van der Waals surface area contributed by atoms with E-state index in [9.17, 15) is 0 Å². The lowest BCUT2D eigenvalue weighted by molar-refractivity contribution is 0.583. The molecular formula is C90H112OSi. The molecule has 9 aromatic rings. The Morgan fingerprint density at radius 1 is 0.185 bits per heavy atom. The molecule has 0 spiro atoms. The second kappa shape index (κ2) is 28.4. The molecule has 9 aromatic carbocycles. The molecule has 0 aliphatic heterocycles. The molecule has 9 rings (SSSR count). The van der Waals surface area contributed by atoms with Gasteiger partial charge in [-0.3, -0.25) is 0 Å². The second-order valence-corrected chi connectivity index (χ2v) is 34.0. The largest absolute Gasteiger partial charge is 0.421 e. The van der Waals surface area contributed by atoms with Gasteiger partial charge in [-0.15, -0.1) is 0 Å². The van der Waals surface area contributed by atoms with E-state index in [4.69, 9.17) is 0 Å². The van der Waals surface area contributed by atoms with E-state index in [-0.39, 0.29) is 71.0 Å². The molecule has 0 radical (unpaired) electrons. The third-order valence-corrected chi connectivity index (χ3v) is 23.4. The van der Waals surface area contributed by atoms with Gasteiger partial charge in [-0.25, -0.2) is 0 Å². The highest BCUT2D eigenvalue weighted by Gasteiger charge is 2.42. The van der Waals surface area contributed by atoms with Crippen molar-refractivity contribution in [1.82, 2.24) is 0 Å². The SMILES string of the molecule is CC(C)c1cccc(C(C)C)c1-c1cc(-c2c(C(C)C)cccc2C(C)C)cc([Si](O)(c2cc(-c3c(C(C)C)cccc3C(C)C)cc(-c3c(C(C)C)cccc3C(C)C)c2)c2cc(-c3c(C(C)C)cccc3C(C)C)cc(-c3c(C(C)C)cccc3C(C)C)c2)c1. The minimum absolute atomic E-state index is 0.249. The summed E-state index contributed by atoms with van der Waals surface area (Å²) in [4.78, 5) is 16.5. The molecule has 0 aliphatic rings. The molecule has 92 heavy (non-hydrogen) atoms. The molecule has 0 fully saturated rings. The molecule has 0 heterocycles. The van der Waals surface area contributed by atoms with Gasteiger partial charge in [0.2, 0.25) is 0 Å². The van der Waals surface area contributed by atoms with Gasteiger partial charge in [-0.1, -0.05) is 312 Å². The zero-order valence-electron chi connectivity index (χ0n) is 61.0. The summed E-state index contributed by atoms with van der Waals surface area (Å²) in [6.45, 7) is 56.5. The summed E-state index contributed by atoms with van der Waals surface area (Å²) in [6, 6.07) is 64.5.